The fraction of sp³-hybridized carbons (Fsp3) is 0.0256. The quantitative estimate of drug-likeness (QED) is 0.197. The summed E-state index contributed by atoms with van der Waals surface area (Å²) in [5.41, 5.74) is 12.0. The van der Waals surface area contributed by atoms with E-state index in [2.05, 4.69) is 104 Å². The van der Waals surface area contributed by atoms with Crippen molar-refractivity contribution in [3.8, 4) is 44.8 Å². The van der Waals surface area contributed by atoms with Crippen LogP contribution in [0.2, 0.25) is 0 Å². The highest BCUT2D eigenvalue weighted by Gasteiger charge is 2.16. The third-order valence-corrected chi connectivity index (χ3v) is 7.66. The van der Waals surface area contributed by atoms with Gasteiger partial charge in [-0.05, 0) is 59.5 Å². The largest absolute Gasteiger partial charge is 0.456 e. The number of aromatic nitrogens is 2. The number of hydrogen-bond donors (Lipinski definition) is 0. The average Bonchev–Trinajstić information content (AvgIpc) is 3.37. The first-order valence-electron chi connectivity index (χ1n) is 14.0. The second-order valence-electron chi connectivity index (χ2n) is 10.3. The van der Waals surface area contributed by atoms with E-state index in [9.17, 15) is 0 Å². The average molecular weight is 541 g/mol. The van der Waals surface area contributed by atoms with Crippen LogP contribution in [-0.2, 0) is 0 Å². The first-order valence-corrected chi connectivity index (χ1v) is 14.0. The van der Waals surface area contributed by atoms with Crippen LogP contribution in [0.25, 0.3) is 72.8 Å². The highest BCUT2D eigenvalue weighted by Crippen LogP contribution is 2.36. The molecule has 0 amide bonds. The molecular formula is C39H28N2O. The number of aryl methyl sites for hydroxylation is 1. The van der Waals surface area contributed by atoms with Gasteiger partial charge in [0.25, 0.3) is 0 Å². The van der Waals surface area contributed by atoms with Gasteiger partial charge in [0.2, 0.25) is 0 Å². The van der Waals surface area contributed by atoms with E-state index in [0.29, 0.717) is 0 Å². The third kappa shape index (κ3) is 4.71. The lowest BCUT2D eigenvalue weighted by atomic mass is 9.97. The Balaban J connectivity index is 1.32. The van der Waals surface area contributed by atoms with Crippen molar-refractivity contribution in [1.29, 1.82) is 0 Å². The second kappa shape index (κ2) is 10.8. The summed E-state index contributed by atoms with van der Waals surface area (Å²) in [5, 5.41) is 1.08. The maximum Gasteiger partial charge on any atom is 0.135 e. The molecule has 0 unspecified atom stereocenters. The smallest absolute Gasteiger partial charge is 0.135 e. The zero-order valence-corrected chi connectivity index (χ0v) is 23.3. The van der Waals surface area contributed by atoms with Gasteiger partial charge in [-0.25, -0.2) is 9.97 Å². The van der Waals surface area contributed by atoms with Gasteiger partial charge in [-0.15, -0.1) is 0 Å². The van der Waals surface area contributed by atoms with Gasteiger partial charge < -0.3 is 4.42 Å². The Morgan fingerprint density at radius 1 is 0.571 bits per heavy atom. The Morgan fingerprint density at radius 2 is 1.14 bits per heavy atom. The molecule has 2 aromatic heterocycles. The Morgan fingerprint density at radius 3 is 1.83 bits per heavy atom. The minimum atomic E-state index is 0.822. The molecule has 0 aliphatic rings. The van der Waals surface area contributed by atoms with Crippen molar-refractivity contribution in [2.45, 2.75) is 6.92 Å². The Labute approximate surface area is 245 Å². The van der Waals surface area contributed by atoms with Gasteiger partial charge >= 0.3 is 0 Å². The normalized spacial score (nSPS) is 11.5. The van der Waals surface area contributed by atoms with Crippen molar-refractivity contribution >= 4 is 28.1 Å². The number of hydrogen-bond acceptors (Lipinski definition) is 3. The minimum Gasteiger partial charge on any atom is -0.456 e. The molecule has 0 N–H and O–H groups in total. The molecule has 0 aliphatic heterocycles. The number of nitrogens with zero attached hydrogens (tertiary/aromatic N) is 2. The summed E-state index contributed by atoms with van der Waals surface area (Å²) in [7, 11) is 0. The van der Waals surface area contributed by atoms with Crippen LogP contribution in [0.5, 0.6) is 0 Å². The molecular weight excluding hydrogens is 512 g/mol. The molecule has 0 aliphatic carbocycles. The molecule has 0 atom stereocenters. The zero-order valence-electron chi connectivity index (χ0n) is 23.3. The SMILES string of the molecule is C=C/C=C\c1oc2cc(-c3nc4ccccc4nc3-c3ccc(-c4cccc(-c5ccccc5)c4)cc3)ccc2c1C. The molecule has 2 heterocycles. The van der Waals surface area contributed by atoms with Gasteiger partial charge in [0.05, 0.1) is 22.4 Å². The molecule has 0 fully saturated rings. The van der Waals surface area contributed by atoms with Crippen LogP contribution in [-0.4, -0.2) is 9.97 Å². The molecule has 7 aromatic rings. The highest BCUT2D eigenvalue weighted by molar-refractivity contribution is 5.92. The van der Waals surface area contributed by atoms with E-state index in [0.717, 1.165) is 61.4 Å². The standard InChI is InChI=1S/C39H28N2O/c1-3-4-17-36-26(2)33-23-22-32(25-37(33)42-36)39-38(40-34-15-8-9-16-35(34)41-39)29-20-18-28(19-21-29)31-14-10-13-30(24-31)27-11-6-5-7-12-27/h3-25H,1H2,2H3/b17-4-. The highest BCUT2D eigenvalue weighted by atomic mass is 16.3. The van der Waals surface area contributed by atoms with Crippen LogP contribution in [0, 0.1) is 6.92 Å². The summed E-state index contributed by atoms with van der Waals surface area (Å²) in [6.07, 6.45) is 5.58. The van der Waals surface area contributed by atoms with Gasteiger partial charge in [-0.1, -0.05) is 116 Å². The molecule has 0 saturated heterocycles. The summed E-state index contributed by atoms with van der Waals surface area (Å²) in [5.74, 6) is 0.832. The Bertz CT molecular complexity index is 2100. The topological polar surface area (TPSA) is 38.9 Å². The predicted octanol–water partition coefficient (Wildman–Crippen LogP) is 10.6. The van der Waals surface area contributed by atoms with E-state index in [1.165, 1.54) is 16.7 Å². The minimum absolute atomic E-state index is 0.822. The van der Waals surface area contributed by atoms with Crippen LogP contribution in [0.4, 0.5) is 0 Å². The van der Waals surface area contributed by atoms with Crippen LogP contribution in [0.1, 0.15) is 11.3 Å². The van der Waals surface area contributed by atoms with Crippen LogP contribution >= 0.6 is 0 Å². The number of benzene rings is 5. The van der Waals surface area contributed by atoms with Crippen LogP contribution < -0.4 is 0 Å². The zero-order chi connectivity index (χ0) is 28.5. The van der Waals surface area contributed by atoms with Crippen LogP contribution in [0.3, 0.4) is 0 Å². The Kier molecular flexibility index (Phi) is 6.54. The van der Waals surface area contributed by atoms with E-state index in [-0.39, 0.29) is 0 Å². The lowest BCUT2D eigenvalue weighted by Gasteiger charge is -2.12. The first kappa shape index (κ1) is 25.4. The van der Waals surface area contributed by atoms with Crippen LogP contribution in [0.15, 0.2) is 144 Å². The lowest BCUT2D eigenvalue weighted by molar-refractivity contribution is 0.601. The van der Waals surface area contributed by atoms with Gasteiger partial charge in [-0.3, -0.25) is 0 Å². The van der Waals surface area contributed by atoms with E-state index in [4.69, 9.17) is 14.4 Å². The first-order chi connectivity index (χ1) is 20.7. The maximum absolute atomic E-state index is 6.22. The van der Waals surface area contributed by atoms with Gasteiger partial charge in [0.15, 0.2) is 0 Å². The fourth-order valence-electron chi connectivity index (χ4n) is 5.44. The molecule has 0 bridgehead atoms. The third-order valence-electron chi connectivity index (χ3n) is 7.66. The molecule has 0 spiro atoms. The fourth-order valence-corrected chi connectivity index (χ4v) is 5.44. The molecule has 0 saturated carbocycles. The molecule has 0 radical (unpaired) electrons. The molecule has 3 heteroatoms. The summed E-state index contributed by atoms with van der Waals surface area (Å²) in [4.78, 5) is 10.2. The molecule has 200 valence electrons. The number of rotatable bonds is 6. The lowest BCUT2D eigenvalue weighted by Crippen LogP contribution is -1.95. The number of para-hydroxylation sites is 2. The number of fused-ring (bicyclic) bond motifs is 2. The van der Waals surface area contributed by atoms with E-state index < -0.39 is 0 Å². The van der Waals surface area contributed by atoms with E-state index in [1.807, 2.05) is 42.5 Å². The van der Waals surface area contributed by atoms with Crippen molar-refractivity contribution in [1.82, 2.24) is 9.97 Å². The summed E-state index contributed by atoms with van der Waals surface area (Å²) < 4.78 is 6.22. The summed E-state index contributed by atoms with van der Waals surface area (Å²) >= 11 is 0. The van der Waals surface area contributed by atoms with Gasteiger partial charge in [0, 0.05) is 22.1 Å². The van der Waals surface area contributed by atoms with Crippen molar-refractivity contribution in [3.63, 3.8) is 0 Å². The second-order valence-corrected chi connectivity index (χ2v) is 10.3. The van der Waals surface area contributed by atoms with E-state index in [1.54, 1.807) is 6.08 Å². The molecule has 5 aromatic carbocycles. The molecule has 7 rings (SSSR count). The number of furan rings is 1. The van der Waals surface area contributed by atoms with Crippen molar-refractivity contribution in [2.75, 3.05) is 0 Å². The van der Waals surface area contributed by atoms with Crippen molar-refractivity contribution < 1.29 is 4.42 Å². The summed E-state index contributed by atoms with van der Waals surface area (Å²) in [6, 6.07) is 42.0. The molecule has 3 nitrogen and oxygen atoms in total. The van der Waals surface area contributed by atoms with Crippen molar-refractivity contribution in [3.05, 3.63) is 151 Å². The van der Waals surface area contributed by atoms with Crippen molar-refractivity contribution in [2.24, 2.45) is 0 Å². The van der Waals surface area contributed by atoms with Gasteiger partial charge in [0.1, 0.15) is 11.3 Å². The van der Waals surface area contributed by atoms with Gasteiger partial charge in [-0.2, -0.15) is 0 Å². The molecule has 42 heavy (non-hydrogen) atoms. The predicted molar refractivity (Wildman–Crippen MR) is 175 cm³/mol. The van der Waals surface area contributed by atoms with E-state index >= 15 is 0 Å². The summed E-state index contributed by atoms with van der Waals surface area (Å²) in [6.45, 7) is 5.85. The Hall–Kier alpha value is -5.54. The maximum atomic E-state index is 6.22. The number of allylic oxidation sites excluding steroid dienone is 2. The monoisotopic (exact) mass is 540 g/mol.